The zero-order chi connectivity index (χ0) is 28.3. The smallest absolute Gasteiger partial charge is 0.338 e. The lowest BCUT2D eigenvalue weighted by molar-refractivity contribution is -0.384. The van der Waals surface area contributed by atoms with Crippen LogP contribution in [-0.4, -0.2) is 50.4 Å². The number of hydrogen-bond donors (Lipinski definition) is 0. The second kappa shape index (κ2) is 11.4. The van der Waals surface area contributed by atoms with Crippen molar-refractivity contribution >= 4 is 30.3 Å². The number of nitro benzene ring substituents is 1. The molecule has 1 aliphatic heterocycles. The first-order valence-electron chi connectivity index (χ1n) is 13.0. The topological polar surface area (TPSA) is 97.1 Å². The molecule has 1 fully saturated rings. The Balaban J connectivity index is 1.69. The van der Waals surface area contributed by atoms with Gasteiger partial charge in [-0.05, 0) is 41.4 Å². The van der Waals surface area contributed by atoms with Crippen molar-refractivity contribution in [1.29, 1.82) is 0 Å². The third-order valence-corrected chi connectivity index (χ3v) is 11.9. The summed E-state index contributed by atoms with van der Waals surface area (Å²) in [4.78, 5) is 23.7. The van der Waals surface area contributed by atoms with Crippen LogP contribution in [0.1, 0.15) is 45.0 Å². The Kier molecular flexibility index (Phi) is 8.36. The van der Waals surface area contributed by atoms with Crippen LogP contribution in [0.15, 0.2) is 84.9 Å². The minimum atomic E-state index is -2.91. The van der Waals surface area contributed by atoms with Gasteiger partial charge in [-0.1, -0.05) is 81.4 Å². The maximum absolute atomic E-state index is 13.2. The molecule has 3 aromatic rings. The minimum absolute atomic E-state index is 0.0795. The van der Waals surface area contributed by atoms with Crippen molar-refractivity contribution in [3.63, 3.8) is 0 Å². The monoisotopic (exact) mass is 549 g/mol. The van der Waals surface area contributed by atoms with Gasteiger partial charge >= 0.3 is 5.97 Å². The Hall–Kier alpha value is -3.37. The van der Waals surface area contributed by atoms with Gasteiger partial charge in [0, 0.05) is 12.1 Å². The van der Waals surface area contributed by atoms with Crippen LogP contribution in [0.5, 0.6) is 0 Å². The Labute approximate surface area is 230 Å². The van der Waals surface area contributed by atoms with E-state index in [0.717, 1.165) is 10.4 Å². The lowest BCUT2D eigenvalue weighted by Gasteiger charge is -2.43. The van der Waals surface area contributed by atoms with E-state index < -0.39 is 37.2 Å². The number of ether oxygens (including phenoxy) is 3. The number of benzene rings is 3. The van der Waals surface area contributed by atoms with Gasteiger partial charge in [-0.3, -0.25) is 10.1 Å². The predicted octanol–water partition coefficient (Wildman–Crippen LogP) is 4.85. The zero-order valence-corrected chi connectivity index (χ0v) is 24.0. The fraction of sp³-hybridized carbons (Fsp3) is 0.367. The van der Waals surface area contributed by atoms with Crippen LogP contribution < -0.4 is 10.4 Å². The van der Waals surface area contributed by atoms with Gasteiger partial charge in [-0.2, -0.15) is 0 Å². The molecule has 1 heterocycles. The summed E-state index contributed by atoms with van der Waals surface area (Å²) in [7, 11) is -2.91. The average Bonchev–Trinajstić information content (AvgIpc) is 3.28. The molecule has 0 amide bonds. The van der Waals surface area contributed by atoms with Crippen LogP contribution in [0.2, 0.25) is 5.04 Å². The van der Waals surface area contributed by atoms with Crippen molar-refractivity contribution in [3.8, 4) is 0 Å². The molecule has 1 aliphatic rings. The predicted molar refractivity (Wildman–Crippen MR) is 151 cm³/mol. The van der Waals surface area contributed by atoms with Gasteiger partial charge in [-0.15, -0.1) is 0 Å². The first-order valence-corrected chi connectivity index (χ1v) is 14.9. The Morgan fingerprint density at radius 2 is 1.54 bits per heavy atom. The van der Waals surface area contributed by atoms with Crippen molar-refractivity contribution in [2.75, 3.05) is 13.2 Å². The summed E-state index contributed by atoms with van der Waals surface area (Å²) in [6.45, 7) is 10.5. The number of esters is 1. The van der Waals surface area contributed by atoms with Crippen LogP contribution >= 0.6 is 0 Å². The summed E-state index contributed by atoms with van der Waals surface area (Å²) in [6, 6.07) is 25.7. The maximum Gasteiger partial charge on any atom is 0.338 e. The maximum atomic E-state index is 13.2. The van der Waals surface area contributed by atoms with Gasteiger partial charge in [-0.25, -0.2) is 4.79 Å². The molecule has 39 heavy (non-hydrogen) atoms. The summed E-state index contributed by atoms with van der Waals surface area (Å²) < 4.78 is 24.9. The van der Waals surface area contributed by atoms with E-state index in [2.05, 4.69) is 45.0 Å². The lowest BCUT2D eigenvalue weighted by Crippen LogP contribution is -2.67. The van der Waals surface area contributed by atoms with E-state index in [0.29, 0.717) is 0 Å². The number of nitro groups is 1. The Bertz CT molecular complexity index is 1230. The van der Waals surface area contributed by atoms with E-state index in [1.54, 1.807) is 0 Å². The number of nitrogens with zero attached hydrogens (tertiary/aromatic N) is 1. The highest BCUT2D eigenvalue weighted by Crippen LogP contribution is 2.37. The molecule has 1 saturated heterocycles. The molecule has 9 heteroatoms. The SMILES string of the molecule is CC1(C)OC[C@@H]([C@@H](CO[Si](c2ccccc2)(c2ccccc2)C(C)(C)C)OC(=O)c2ccc([N+](=O)[O-])cc2)O1. The zero-order valence-electron chi connectivity index (χ0n) is 23.0. The van der Waals surface area contributed by atoms with E-state index in [9.17, 15) is 14.9 Å². The third kappa shape index (κ3) is 6.28. The molecule has 3 aromatic carbocycles. The number of rotatable bonds is 9. The van der Waals surface area contributed by atoms with Crippen LogP contribution in [-0.2, 0) is 18.6 Å². The van der Waals surface area contributed by atoms with E-state index in [1.165, 1.54) is 24.3 Å². The van der Waals surface area contributed by atoms with Crippen LogP contribution in [0.3, 0.4) is 0 Å². The number of carbonyl (C=O) groups excluding carboxylic acids is 1. The van der Waals surface area contributed by atoms with Crippen molar-refractivity contribution in [1.82, 2.24) is 0 Å². The molecule has 0 radical (unpaired) electrons. The molecule has 206 valence electrons. The van der Waals surface area contributed by atoms with E-state index in [-0.39, 0.29) is 29.5 Å². The van der Waals surface area contributed by atoms with Gasteiger partial charge in [0.25, 0.3) is 14.0 Å². The molecule has 0 aromatic heterocycles. The van der Waals surface area contributed by atoms with Gasteiger partial charge in [0.1, 0.15) is 6.10 Å². The van der Waals surface area contributed by atoms with Crippen LogP contribution in [0, 0.1) is 10.1 Å². The minimum Gasteiger partial charge on any atom is -0.453 e. The molecule has 0 N–H and O–H groups in total. The summed E-state index contributed by atoms with van der Waals surface area (Å²) in [5.74, 6) is -1.45. The summed E-state index contributed by atoms with van der Waals surface area (Å²) in [5.41, 5.74) is 0.0987. The molecule has 0 bridgehead atoms. The Morgan fingerprint density at radius 3 is 1.97 bits per heavy atom. The van der Waals surface area contributed by atoms with Crippen molar-refractivity contribution in [3.05, 3.63) is 101 Å². The highest BCUT2D eigenvalue weighted by Gasteiger charge is 2.51. The van der Waals surface area contributed by atoms with E-state index in [4.69, 9.17) is 18.6 Å². The molecular formula is C30H35NO7Si. The second-order valence-electron chi connectivity index (χ2n) is 11.1. The van der Waals surface area contributed by atoms with Crippen LogP contribution in [0.25, 0.3) is 0 Å². The first-order chi connectivity index (χ1) is 18.4. The fourth-order valence-electron chi connectivity index (χ4n) is 5.01. The quantitative estimate of drug-likeness (QED) is 0.163. The normalized spacial score (nSPS) is 17.9. The van der Waals surface area contributed by atoms with Gasteiger partial charge < -0.3 is 18.6 Å². The third-order valence-electron chi connectivity index (χ3n) is 6.90. The molecule has 4 rings (SSSR count). The van der Waals surface area contributed by atoms with Gasteiger partial charge in [0.2, 0.25) is 0 Å². The molecule has 8 nitrogen and oxygen atoms in total. The molecule has 2 atom stereocenters. The fourth-order valence-corrected chi connectivity index (χ4v) is 9.58. The first kappa shape index (κ1) is 28.6. The highest BCUT2D eigenvalue weighted by molar-refractivity contribution is 6.99. The van der Waals surface area contributed by atoms with Crippen molar-refractivity contribution in [2.24, 2.45) is 0 Å². The summed E-state index contributed by atoms with van der Waals surface area (Å²) in [6.07, 6.45) is -1.34. The lowest BCUT2D eigenvalue weighted by atomic mass is 10.2. The molecule has 0 aliphatic carbocycles. The summed E-state index contributed by atoms with van der Waals surface area (Å²) in [5, 5.41) is 13.0. The van der Waals surface area contributed by atoms with Gasteiger partial charge in [0.15, 0.2) is 11.9 Å². The molecule has 0 saturated carbocycles. The standard InChI is InChI=1S/C30H35NO7Si/c1-29(2,3)39(24-12-8-6-9-13-24,25-14-10-7-11-15-25)36-21-26(27-20-35-30(4,5)38-27)37-28(32)22-16-18-23(19-17-22)31(33)34/h6-19,26-27H,20-21H2,1-5H3/t26-,27+/m1/s1. The molecule has 0 unspecified atom stereocenters. The number of carbonyl (C=O) groups is 1. The number of non-ortho nitro benzene ring substituents is 1. The average molecular weight is 550 g/mol. The van der Waals surface area contributed by atoms with Crippen LogP contribution in [0.4, 0.5) is 5.69 Å². The van der Waals surface area contributed by atoms with Crippen molar-refractivity contribution in [2.45, 2.75) is 57.7 Å². The molecule has 0 spiro atoms. The highest BCUT2D eigenvalue weighted by atomic mass is 28.4. The second-order valence-corrected chi connectivity index (χ2v) is 15.4. The van der Waals surface area contributed by atoms with E-state index >= 15 is 0 Å². The van der Waals surface area contributed by atoms with Crippen molar-refractivity contribution < 1.29 is 28.4 Å². The number of hydrogen-bond acceptors (Lipinski definition) is 7. The summed E-state index contributed by atoms with van der Waals surface area (Å²) >= 11 is 0. The molecular weight excluding hydrogens is 514 g/mol. The largest absolute Gasteiger partial charge is 0.453 e. The van der Waals surface area contributed by atoms with E-state index in [1.807, 2.05) is 50.2 Å². The Morgan fingerprint density at radius 1 is 1.00 bits per heavy atom. The van der Waals surface area contributed by atoms with Gasteiger partial charge in [0.05, 0.1) is 23.7 Å².